The fourth-order valence-corrected chi connectivity index (χ4v) is 2.09. The molecule has 1 aromatic carbocycles. The number of amides is 4. The van der Waals surface area contributed by atoms with Gasteiger partial charge in [-0.3, -0.25) is 14.9 Å². The van der Waals surface area contributed by atoms with Crippen LogP contribution in [0.2, 0.25) is 0 Å². The monoisotopic (exact) mass is 340 g/mol. The predicted molar refractivity (Wildman–Crippen MR) is 89.3 cm³/mol. The van der Waals surface area contributed by atoms with Crippen LogP contribution in [-0.4, -0.2) is 29.9 Å². The molecule has 0 saturated carbocycles. The van der Waals surface area contributed by atoms with Crippen LogP contribution in [0.1, 0.15) is 19.4 Å². The number of rotatable bonds is 5. The predicted octanol–water partition coefficient (Wildman–Crippen LogP) is 0.781. The largest absolute Gasteiger partial charge is 0.326 e. The number of urea groups is 1. The molecule has 1 aliphatic heterocycles. The van der Waals surface area contributed by atoms with Gasteiger partial charge in [0.1, 0.15) is 6.04 Å². The molecular formula is C15H21ClN4O3. The summed E-state index contributed by atoms with van der Waals surface area (Å²) in [5.41, 5.74) is 7.30. The number of carbonyl (C=O) groups is 3. The van der Waals surface area contributed by atoms with E-state index >= 15 is 0 Å². The van der Waals surface area contributed by atoms with Gasteiger partial charge in [0, 0.05) is 12.1 Å². The lowest BCUT2D eigenvalue weighted by molar-refractivity contribution is -0.120. The fraction of sp³-hybridized carbons (Fsp3) is 0.400. The Labute approximate surface area is 140 Å². The van der Waals surface area contributed by atoms with Crippen molar-refractivity contribution < 1.29 is 14.4 Å². The first kappa shape index (κ1) is 18.9. The van der Waals surface area contributed by atoms with Gasteiger partial charge in [0.15, 0.2) is 0 Å². The van der Waals surface area contributed by atoms with Crippen LogP contribution < -0.4 is 21.7 Å². The summed E-state index contributed by atoms with van der Waals surface area (Å²) < 4.78 is 0. The topological polar surface area (TPSA) is 113 Å². The Kier molecular flexibility index (Phi) is 6.53. The van der Waals surface area contributed by atoms with Gasteiger partial charge in [0.2, 0.25) is 5.91 Å². The van der Waals surface area contributed by atoms with Crippen LogP contribution in [-0.2, 0) is 16.0 Å². The van der Waals surface area contributed by atoms with E-state index in [0.717, 1.165) is 5.56 Å². The Bertz CT molecular complexity index is 589. The summed E-state index contributed by atoms with van der Waals surface area (Å²) in [7, 11) is 0. The van der Waals surface area contributed by atoms with E-state index in [1.807, 2.05) is 13.8 Å². The molecule has 0 radical (unpaired) electrons. The summed E-state index contributed by atoms with van der Waals surface area (Å²) in [6, 6.07) is 5.51. The highest BCUT2D eigenvalue weighted by molar-refractivity contribution is 6.04. The lowest BCUT2D eigenvalue weighted by Crippen LogP contribution is -2.39. The Morgan fingerprint density at radius 3 is 2.35 bits per heavy atom. The highest BCUT2D eigenvalue weighted by atomic mass is 35.5. The molecule has 23 heavy (non-hydrogen) atoms. The van der Waals surface area contributed by atoms with E-state index in [0.29, 0.717) is 12.1 Å². The minimum atomic E-state index is -0.558. The van der Waals surface area contributed by atoms with Crippen molar-refractivity contribution in [2.24, 2.45) is 11.7 Å². The van der Waals surface area contributed by atoms with E-state index < -0.39 is 18.1 Å². The molecular weight excluding hydrogens is 320 g/mol. The van der Waals surface area contributed by atoms with Gasteiger partial charge in [-0.25, -0.2) is 4.79 Å². The van der Waals surface area contributed by atoms with Gasteiger partial charge >= 0.3 is 6.03 Å². The molecule has 2 rings (SSSR count). The zero-order chi connectivity index (χ0) is 16.3. The third kappa shape index (κ3) is 4.94. The fourth-order valence-electron chi connectivity index (χ4n) is 2.09. The van der Waals surface area contributed by atoms with Crippen molar-refractivity contribution in [3.05, 3.63) is 29.8 Å². The summed E-state index contributed by atoms with van der Waals surface area (Å²) >= 11 is 0. The summed E-state index contributed by atoms with van der Waals surface area (Å²) in [6.07, 6.45) is 0.400. The van der Waals surface area contributed by atoms with E-state index in [4.69, 9.17) is 5.73 Å². The summed E-state index contributed by atoms with van der Waals surface area (Å²) in [5, 5.41) is 7.47. The normalized spacial score (nSPS) is 18.0. The minimum absolute atomic E-state index is 0. The van der Waals surface area contributed by atoms with Crippen LogP contribution in [0.4, 0.5) is 10.5 Å². The first-order valence-corrected chi connectivity index (χ1v) is 7.13. The smallest absolute Gasteiger partial charge is 0.322 e. The van der Waals surface area contributed by atoms with Crippen molar-refractivity contribution in [2.75, 3.05) is 5.32 Å². The number of benzene rings is 1. The Morgan fingerprint density at radius 2 is 1.87 bits per heavy atom. The van der Waals surface area contributed by atoms with Crippen molar-refractivity contribution >= 4 is 35.9 Å². The maximum atomic E-state index is 11.9. The first-order valence-electron chi connectivity index (χ1n) is 7.13. The standard InChI is InChI=1S/C15H20N4O3.ClH/c1-8(2)12(16)14(21)17-10-5-3-9(4-6-10)7-11-13(20)19-15(22)18-11;/h3-6,8,11-12H,7,16H2,1-2H3,(H,17,21)(H2,18,19,20,22);1H/t11?,12-;/m0./s1. The maximum Gasteiger partial charge on any atom is 0.322 e. The van der Waals surface area contributed by atoms with Crippen molar-refractivity contribution in [3.8, 4) is 0 Å². The second-order valence-electron chi connectivity index (χ2n) is 5.68. The summed E-state index contributed by atoms with van der Waals surface area (Å²) in [5.74, 6) is -0.501. The average molecular weight is 341 g/mol. The molecule has 0 bridgehead atoms. The number of nitrogens with two attached hydrogens (primary N) is 1. The van der Waals surface area contributed by atoms with Crippen LogP contribution in [0.5, 0.6) is 0 Å². The van der Waals surface area contributed by atoms with Gasteiger partial charge in [-0.1, -0.05) is 26.0 Å². The van der Waals surface area contributed by atoms with Crippen molar-refractivity contribution in [2.45, 2.75) is 32.4 Å². The number of anilines is 1. The molecule has 8 heteroatoms. The lowest BCUT2D eigenvalue weighted by Gasteiger charge is -2.15. The van der Waals surface area contributed by atoms with Gasteiger partial charge in [0.25, 0.3) is 5.91 Å². The number of hydrogen-bond donors (Lipinski definition) is 4. The van der Waals surface area contributed by atoms with Crippen LogP contribution in [0, 0.1) is 5.92 Å². The number of carbonyl (C=O) groups excluding carboxylic acids is 3. The summed E-state index contributed by atoms with van der Waals surface area (Å²) in [6.45, 7) is 3.77. The molecule has 7 nitrogen and oxygen atoms in total. The van der Waals surface area contributed by atoms with Gasteiger partial charge in [-0.15, -0.1) is 12.4 Å². The Morgan fingerprint density at radius 1 is 1.26 bits per heavy atom. The molecule has 1 aromatic rings. The van der Waals surface area contributed by atoms with E-state index in [1.165, 1.54) is 0 Å². The molecule has 126 valence electrons. The van der Waals surface area contributed by atoms with E-state index in [1.54, 1.807) is 24.3 Å². The zero-order valence-corrected chi connectivity index (χ0v) is 13.8. The van der Waals surface area contributed by atoms with Gasteiger partial charge < -0.3 is 16.4 Å². The number of imide groups is 1. The van der Waals surface area contributed by atoms with Gasteiger partial charge in [-0.05, 0) is 23.6 Å². The Balaban J connectivity index is 0.00000264. The molecule has 5 N–H and O–H groups in total. The van der Waals surface area contributed by atoms with Crippen molar-refractivity contribution in [1.29, 1.82) is 0 Å². The maximum absolute atomic E-state index is 11.9. The molecule has 2 atom stereocenters. The number of nitrogens with one attached hydrogen (secondary N) is 3. The van der Waals surface area contributed by atoms with E-state index in [-0.39, 0.29) is 30.1 Å². The van der Waals surface area contributed by atoms with E-state index in [2.05, 4.69) is 16.0 Å². The third-order valence-corrected chi connectivity index (χ3v) is 3.54. The van der Waals surface area contributed by atoms with Crippen LogP contribution in [0.15, 0.2) is 24.3 Å². The summed E-state index contributed by atoms with van der Waals surface area (Å²) in [4.78, 5) is 34.4. The molecule has 4 amide bonds. The molecule has 1 aliphatic rings. The van der Waals surface area contributed by atoms with E-state index in [9.17, 15) is 14.4 Å². The lowest BCUT2D eigenvalue weighted by atomic mass is 10.0. The SMILES string of the molecule is CC(C)[C@H](N)C(=O)Nc1ccc(CC2NC(=O)NC2=O)cc1.Cl. The third-order valence-electron chi connectivity index (χ3n) is 3.54. The molecule has 1 heterocycles. The average Bonchev–Trinajstić information content (AvgIpc) is 2.78. The van der Waals surface area contributed by atoms with Crippen molar-refractivity contribution in [1.82, 2.24) is 10.6 Å². The Hall–Kier alpha value is -2.12. The van der Waals surface area contributed by atoms with Crippen LogP contribution in [0.3, 0.4) is 0 Å². The van der Waals surface area contributed by atoms with Crippen LogP contribution in [0.25, 0.3) is 0 Å². The molecule has 0 aromatic heterocycles. The van der Waals surface area contributed by atoms with Gasteiger partial charge in [0.05, 0.1) is 6.04 Å². The number of halogens is 1. The zero-order valence-electron chi connectivity index (χ0n) is 13.0. The quantitative estimate of drug-likeness (QED) is 0.593. The molecule has 0 aliphatic carbocycles. The van der Waals surface area contributed by atoms with Crippen LogP contribution >= 0.6 is 12.4 Å². The molecule has 1 saturated heterocycles. The number of hydrogen-bond acceptors (Lipinski definition) is 4. The first-order chi connectivity index (χ1) is 10.4. The molecule has 0 spiro atoms. The molecule has 1 fully saturated rings. The second kappa shape index (κ2) is 7.94. The van der Waals surface area contributed by atoms with Crippen molar-refractivity contribution in [3.63, 3.8) is 0 Å². The van der Waals surface area contributed by atoms with Gasteiger partial charge in [-0.2, -0.15) is 0 Å². The second-order valence-corrected chi connectivity index (χ2v) is 5.68. The minimum Gasteiger partial charge on any atom is -0.326 e. The highest BCUT2D eigenvalue weighted by Crippen LogP contribution is 2.13. The molecule has 1 unspecified atom stereocenters. The highest BCUT2D eigenvalue weighted by Gasteiger charge is 2.29.